The quantitative estimate of drug-likeness (QED) is 0.658. The molecule has 29 heavy (non-hydrogen) atoms. The summed E-state index contributed by atoms with van der Waals surface area (Å²) in [7, 11) is 0.102. The first-order valence-electron chi connectivity index (χ1n) is 9.70. The van der Waals surface area contributed by atoms with E-state index in [1.54, 1.807) is 24.3 Å². The van der Waals surface area contributed by atoms with E-state index in [4.69, 9.17) is 0 Å². The molecule has 1 amide bonds. The Balaban J connectivity index is 2.11. The van der Waals surface area contributed by atoms with Gasteiger partial charge in [-0.15, -0.1) is 0 Å². The number of nitrogens with zero attached hydrogens (tertiary/aromatic N) is 1. The average molecular weight is 418 g/mol. The Morgan fingerprint density at radius 3 is 2.10 bits per heavy atom. The molecule has 2 aromatic carbocycles. The van der Waals surface area contributed by atoms with Crippen LogP contribution in [-0.4, -0.2) is 45.9 Å². The van der Waals surface area contributed by atoms with Crippen molar-refractivity contribution in [2.75, 3.05) is 20.6 Å². The van der Waals surface area contributed by atoms with E-state index >= 15 is 0 Å². The molecular weight excluding hydrogens is 386 g/mol. The number of carbonyl (C=O) groups is 1. The first-order valence-corrected chi connectivity index (χ1v) is 11.2. The van der Waals surface area contributed by atoms with E-state index in [-0.39, 0.29) is 22.8 Å². The first kappa shape index (κ1) is 23.1. The Bertz CT molecular complexity index is 895. The number of aryl methyl sites for hydroxylation is 1. The van der Waals surface area contributed by atoms with Crippen LogP contribution in [0.15, 0.2) is 59.5 Å². The maximum atomic E-state index is 12.8. The fourth-order valence-corrected chi connectivity index (χ4v) is 4.37. The van der Waals surface area contributed by atoms with Gasteiger partial charge in [0.1, 0.15) is 6.04 Å². The zero-order valence-corrected chi connectivity index (χ0v) is 18.5. The maximum Gasteiger partial charge on any atom is 0.241 e. The monoisotopic (exact) mass is 417 g/mol. The molecule has 0 aliphatic rings. The van der Waals surface area contributed by atoms with Gasteiger partial charge in [-0.1, -0.05) is 61.9 Å². The summed E-state index contributed by atoms with van der Waals surface area (Å²) in [6.45, 7) is 5.92. The van der Waals surface area contributed by atoms with Crippen LogP contribution < -0.4 is 10.0 Å². The number of rotatable bonds is 9. The highest BCUT2D eigenvalue weighted by molar-refractivity contribution is 7.89. The molecule has 0 heterocycles. The van der Waals surface area contributed by atoms with Crippen molar-refractivity contribution in [3.05, 3.63) is 65.7 Å². The molecule has 2 N–H and O–H groups in total. The molecule has 0 aliphatic carbocycles. The minimum atomic E-state index is -3.79. The van der Waals surface area contributed by atoms with E-state index in [1.807, 2.05) is 70.1 Å². The van der Waals surface area contributed by atoms with Gasteiger partial charge in [-0.3, -0.25) is 4.79 Å². The molecule has 2 rings (SSSR count). The molecule has 0 unspecified atom stereocenters. The van der Waals surface area contributed by atoms with Gasteiger partial charge >= 0.3 is 0 Å². The van der Waals surface area contributed by atoms with Crippen LogP contribution in [0.5, 0.6) is 0 Å². The number of likely N-dealkylation sites (N-methyl/N-ethyl adjacent to an activating group) is 1. The Labute approximate surface area is 174 Å². The Hall–Kier alpha value is -2.22. The molecule has 2 atom stereocenters. The molecule has 0 saturated heterocycles. The van der Waals surface area contributed by atoms with Crippen molar-refractivity contribution in [3.8, 4) is 0 Å². The van der Waals surface area contributed by atoms with Gasteiger partial charge in [0, 0.05) is 6.54 Å². The number of carbonyl (C=O) groups excluding carboxylic acids is 1. The highest BCUT2D eigenvalue weighted by Gasteiger charge is 2.29. The molecule has 0 saturated carbocycles. The smallest absolute Gasteiger partial charge is 0.241 e. The van der Waals surface area contributed by atoms with E-state index in [2.05, 4.69) is 10.0 Å². The summed E-state index contributed by atoms with van der Waals surface area (Å²) in [4.78, 5) is 15.0. The first-order chi connectivity index (χ1) is 13.6. The molecule has 0 fully saturated rings. The third-order valence-corrected chi connectivity index (χ3v) is 6.30. The van der Waals surface area contributed by atoms with Crippen LogP contribution in [0, 0.1) is 12.8 Å². The van der Waals surface area contributed by atoms with Crippen LogP contribution in [0.25, 0.3) is 0 Å². The standard InChI is InChI=1S/C22H31N3O3S/c1-16(2)21(24-29(27,28)19-13-11-17(3)12-14-19)22(26)23-15-20(25(4)5)18-9-7-6-8-10-18/h6-14,16,20-21,24H,15H2,1-5H3,(H,23,26)/t20-,21+/m1/s1. The van der Waals surface area contributed by atoms with E-state index in [9.17, 15) is 13.2 Å². The van der Waals surface area contributed by atoms with Gasteiger partial charge in [-0.05, 0) is 44.6 Å². The Morgan fingerprint density at radius 2 is 1.59 bits per heavy atom. The van der Waals surface area contributed by atoms with Crippen LogP contribution in [0.2, 0.25) is 0 Å². The lowest BCUT2D eigenvalue weighted by molar-refractivity contribution is -0.123. The van der Waals surface area contributed by atoms with Crippen molar-refractivity contribution in [1.82, 2.24) is 14.9 Å². The van der Waals surface area contributed by atoms with Crippen LogP contribution in [-0.2, 0) is 14.8 Å². The summed E-state index contributed by atoms with van der Waals surface area (Å²) in [6.07, 6.45) is 0. The summed E-state index contributed by atoms with van der Waals surface area (Å²) < 4.78 is 28.0. The number of nitrogens with one attached hydrogen (secondary N) is 2. The number of amides is 1. The highest BCUT2D eigenvalue weighted by atomic mass is 32.2. The van der Waals surface area contributed by atoms with Crippen molar-refractivity contribution in [3.63, 3.8) is 0 Å². The van der Waals surface area contributed by atoms with E-state index in [0.29, 0.717) is 6.54 Å². The molecule has 0 radical (unpaired) electrons. The molecular formula is C22H31N3O3S. The number of hydrogen-bond acceptors (Lipinski definition) is 4. The van der Waals surface area contributed by atoms with Crippen molar-refractivity contribution < 1.29 is 13.2 Å². The van der Waals surface area contributed by atoms with Gasteiger partial charge in [0.25, 0.3) is 0 Å². The molecule has 158 valence electrons. The molecule has 2 aromatic rings. The average Bonchev–Trinajstić information content (AvgIpc) is 2.67. The minimum absolute atomic E-state index is 0.0123. The SMILES string of the molecule is Cc1ccc(S(=O)(=O)N[C@H](C(=O)NC[C@H](c2ccccc2)N(C)C)C(C)C)cc1. The van der Waals surface area contributed by atoms with Crippen molar-refractivity contribution in [2.24, 2.45) is 5.92 Å². The van der Waals surface area contributed by atoms with E-state index < -0.39 is 16.1 Å². The topological polar surface area (TPSA) is 78.5 Å². The molecule has 7 heteroatoms. The Morgan fingerprint density at radius 1 is 1.00 bits per heavy atom. The zero-order chi connectivity index (χ0) is 21.6. The summed E-state index contributed by atoms with van der Waals surface area (Å²) in [5.74, 6) is -0.539. The van der Waals surface area contributed by atoms with Crippen molar-refractivity contribution in [2.45, 2.75) is 37.8 Å². The van der Waals surface area contributed by atoms with Gasteiger partial charge in [0.15, 0.2) is 0 Å². The van der Waals surface area contributed by atoms with Crippen molar-refractivity contribution >= 4 is 15.9 Å². The summed E-state index contributed by atoms with van der Waals surface area (Å²) in [6, 6.07) is 15.6. The summed E-state index contributed by atoms with van der Waals surface area (Å²) in [5, 5.41) is 2.92. The lowest BCUT2D eigenvalue weighted by Gasteiger charge is -2.27. The van der Waals surface area contributed by atoms with Crippen molar-refractivity contribution in [1.29, 1.82) is 0 Å². The fourth-order valence-electron chi connectivity index (χ4n) is 3.03. The van der Waals surface area contributed by atoms with E-state index in [0.717, 1.165) is 11.1 Å². The van der Waals surface area contributed by atoms with Gasteiger partial charge in [0.05, 0.1) is 10.9 Å². The van der Waals surface area contributed by atoms with Crippen LogP contribution in [0.4, 0.5) is 0 Å². The second kappa shape index (κ2) is 10.0. The fraction of sp³-hybridized carbons (Fsp3) is 0.409. The largest absolute Gasteiger partial charge is 0.353 e. The zero-order valence-electron chi connectivity index (χ0n) is 17.7. The Kier molecular flexibility index (Phi) is 7.96. The molecule has 6 nitrogen and oxygen atoms in total. The number of benzene rings is 2. The highest BCUT2D eigenvalue weighted by Crippen LogP contribution is 2.17. The number of sulfonamides is 1. The van der Waals surface area contributed by atoms with Gasteiger partial charge < -0.3 is 10.2 Å². The predicted molar refractivity (Wildman–Crippen MR) is 116 cm³/mol. The van der Waals surface area contributed by atoms with Gasteiger partial charge in [-0.2, -0.15) is 4.72 Å². The maximum absolute atomic E-state index is 12.8. The molecule has 0 spiro atoms. The van der Waals surface area contributed by atoms with Crippen LogP contribution in [0.1, 0.15) is 31.0 Å². The molecule has 0 aromatic heterocycles. The minimum Gasteiger partial charge on any atom is -0.353 e. The van der Waals surface area contributed by atoms with Gasteiger partial charge in [-0.25, -0.2) is 8.42 Å². The third kappa shape index (κ3) is 6.39. The second-order valence-corrected chi connectivity index (χ2v) is 9.51. The predicted octanol–water partition coefficient (Wildman–Crippen LogP) is 2.72. The molecule has 0 bridgehead atoms. The second-order valence-electron chi connectivity index (χ2n) is 7.79. The lowest BCUT2D eigenvalue weighted by atomic mass is 10.0. The number of hydrogen-bond donors (Lipinski definition) is 2. The van der Waals surface area contributed by atoms with Crippen LogP contribution in [0.3, 0.4) is 0 Å². The molecule has 0 aliphatic heterocycles. The lowest BCUT2D eigenvalue weighted by Crippen LogP contribution is -2.50. The van der Waals surface area contributed by atoms with E-state index in [1.165, 1.54) is 0 Å². The third-order valence-electron chi connectivity index (χ3n) is 4.84. The summed E-state index contributed by atoms with van der Waals surface area (Å²) in [5.41, 5.74) is 2.05. The van der Waals surface area contributed by atoms with Crippen LogP contribution >= 0.6 is 0 Å². The normalized spacial score (nSPS) is 14.0. The summed E-state index contributed by atoms with van der Waals surface area (Å²) >= 11 is 0. The van der Waals surface area contributed by atoms with Gasteiger partial charge in [0.2, 0.25) is 15.9 Å².